The molecule has 1 aliphatic heterocycles. The minimum atomic E-state index is -1.16. The van der Waals surface area contributed by atoms with Crippen LogP contribution in [0.5, 0.6) is 11.5 Å². The fraction of sp³-hybridized carbons (Fsp3) is 0.683. The van der Waals surface area contributed by atoms with Gasteiger partial charge in [0.2, 0.25) is 11.8 Å². The van der Waals surface area contributed by atoms with Gasteiger partial charge in [0.1, 0.15) is 53.0 Å². The van der Waals surface area contributed by atoms with Crippen LogP contribution >= 0.6 is 11.6 Å². The van der Waals surface area contributed by atoms with E-state index >= 15 is 0 Å². The molecular weight excluding hydrogens is 744 g/mol. The van der Waals surface area contributed by atoms with E-state index in [-0.39, 0.29) is 37.5 Å². The van der Waals surface area contributed by atoms with Crippen LogP contribution in [0.2, 0.25) is 5.02 Å². The van der Waals surface area contributed by atoms with Crippen LogP contribution in [0.15, 0.2) is 18.2 Å². The lowest BCUT2D eigenvalue weighted by molar-refractivity contribution is -0.148. The van der Waals surface area contributed by atoms with Crippen molar-refractivity contribution in [3.05, 3.63) is 28.9 Å². The Hall–Kier alpha value is -3.88. The van der Waals surface area contributed by atoms with Gasteiger partial charge >= 0.3 is 12.1 Å². The van der Waals surface area contributed by atoms with Gasteiger partial charge in [-0.15, -0.1) is 0 Å². The third-order valence-electron chi connectivity index (χ3n) is 12.2. The van der Waals surface area contributed by atoms with Crippen molar-refractivity contribution in [2.24, 2.45) is 23.2 Å². The van der Waals surface area contributed by atoms with Crippen LogP contribution in [-0.4, -0.2) is 104 Å². The molecule has 2 aromatic rings. The second-order valence-electron chi connectivity index (χ2n) is 17.2. The fourth-order valence-electron chi connectivity index (χ4n) is 8.60. The molecule has 15 heteroatoms. The van der Waals surface area contributed by atoms with Crippen molar-refractivity contribution in [2.45, 2.75) is 121 Å². The summed E-state index contributed by atoms with van der Waals surface area (Å²) in [5, 5.41) is 6.78. The van der Waals surface area contributed by atoms with Gasteiger partial charge in [0, 0.05) is 43.7 Å². The topological polar surface area (TPSA) is 164 Å². The number of alkyl carbamates (subject to hydrolysis) is 1. The maximum absolute atomic E-state index is 14.7. The molecule has 2 heterocycles. The van der Waals surface area contributed by atoms with E-state index in [1.54, 1.807) is 6.07 Å². The number of benzene rings is 1. The lowest BCUT2D eigenvalue weighted by atomic mass is 9.85. The van der Waals surface area contributed by atoms with E-state index in [1.165, 1.54) is 32.7 Å². The first-order valence-electron chi connectivity index (χ1n) is 19.9. The van der Waals surface area contributed by atoms with Crippen molar-refractivity contribution in [3.8, 4) is 11.5 Å². The van der Waals surface area contributed by atoms with E-state index in [4.69, 9.17) is 45.0 Å². The van der Waals surface area contributed by atoms with Crippen molar-refractivity contribution in [2.75, 3.05) is 34.5 Å². The maximum Gasteiger partial charge on any atom is 0.408 e. The predicted molar refractivity (Wildman–Crippen MR) is 205 cm³/mol. The summed E-state index contributed by atoms with van der Waals surface area (Å²) >= 11 is 6.92. The van der Waals surface area contributed by atoms with Crippen LogP contribution in [0.1, 0.15) is 90.7 Å². The summed E-state index contributed by atoms with van der Waals surface area (Å²) in [6, 6.07) is 3.44. The SMILES string of the molecule is CC[C@@H]1C[C@]1(NC(=O)C1C[C@@H](Oc2cc(C3CC3)nc3c(Cl)c(OCC(OC)OC)ccc23)CN1C(=O)[C@@H](NC(=O)O[C@@H]1C[C@@H]2C[C@@H]2C1)C(C)(C)C)C(=O)OC. The Kier molecular flexibility index (Phi) is 11.4. The number of carbonyl (C=O) groups excluding carboxylic acids is 4. The van der Waals surface area contributed by atoms with Crippen molar-refractivity contribution in [1.82, 2.24) is 20.5 Å². The monoisotopic (exact) mass is 798 g/mol. The number of halogens is 1. The minimum absolute atomic E-state index is 0.0432. The third kappa shape index (κ3) is 8.24. The molecule has 56 heavy (non-hydrogen) atoms. The van der Waals surface area contributed by atoms with Gasteiger partial charge in [-0.3, -0.25) is 14.6 Å². The smallest absolute Gasteiger partial charge is 0.408 e. The second kappa shape index (κ2) is 15.8. The van der Waals surface area contributed by atoms with Gasteiger partial charge in [0.25, 0.3) is 0 Å². The summed E-state index contributed by atoms with van der Waals surface area (Å²) in [6.45, 7) is 7.68. The molecule has 4 aliphatic carbocycles. The second-order valence-corrected chi connectivity index (χ2v) is 17.6. The highest BCUT2D eigenvalue weighted by molar-refractivity contribution is 6.36. The largest absolute Gasteiger partial charge is 0.488 e. The van der Waals surface area contributed by atoms with Crippen molar-refractivity contribution < 1.29 is 47.6 Å². The highest BCUT2D eigenvalue weighted by atomic mass is 35.5. The molecule has 5 aliphatic rings. The zero-order valence-corrected chi connectivity index (χ0v) is 34.1. The minimum Gasteiger partial charge on any atom is -0.488 e. The van der Waals surface area contributed by atoms with E-state index < -0.39 is 59.3 Å². The Morgan fingerprint density at radius 1 is 1.00 bits per heavy atom. The molecule has 5 fully saturated rings. The number of carbonyl (C=O) groups is 4. The molecule has 3 amide bonds. The number of hydrogen-bond donors (Lipinski definition) is 2. The molecule has 1 aromatic carbocycles. The number of amides is 3. The lowest BCUT2D eigenvalue weighted by Crippen LogP contribution is -2.59. The molecule has 1 saturated heterocycles. The molecule has 1 aromatic heterocycles. The number of ether oxygens (including phenoxy) is 6. The Morgan fingerprint density at radius 2 is 1.71 bits per heavy atom. The Bertz CT molecular complexity index is 1840. The number of methoxy groups -OCH3 is 3. The van der Waals surface area contributed by atoms with Crippen LogP contribution in [-0.2, 0) is 33.3 Å². The number of hydrogen-bond acceptors (Lipinski definition) is 11. The number of likely N-dealkylation sites (tertiary alicyclic amines) is 1. The molecule has 7 rings (SSSR count). The van der Waals surface area contributed by atoms with Gasteiger partial charge in [0.05, 0.1) is 19.2 Å². The summed E-state index contributed by atoms with van der Waals surface area (Å²) in [5.74, 6) is 0.879. The Morgan fingerprint density at radius 3 is 2.32 bits per heavy atom. The zero-order chi connectivity index (χ0) is 40.1. The van der Waals surface area contributed by atoms with E-state index in [2.05, 4.69) is 10.6 Å². The highest BCUT2D eigenvalue weighted by Gasteiger charge is 2.62. The van der Waals surface area contributed by atoms with Crippen molar-refractivity contribution >= 4 is 46.4 Å². The number of pyridine rings is 1. The van der Waals surface area contributed by atoms with Crippen LogP contribution in [0, 0.1) is 23.2 Å². The number of rotatable bonds is 15. The molecule has 0 spiro atoms. The predicted octanol–water partition coefficient (Wildman–Crippen LogP) is 5.51. The molecule has 306 valence electrons. The highest BCUT2D eigenvalue weighted by Crippen LogP contribution is 2.52. The van der Waals surface area contributed by atoms with Gasteiger partial charge in [0.15, 0.2) is 6.29 Å². The van der Waals surface area contributed by atoms with Crippen molar-refractivity contribution in [1.29, 1.82) is 0 Å². The molecule has 1 unspecified atom stereocenters. The molecule has 0 radical (unpaired) electrons. The van der Waals surface area contributed by atoms with Crippen LogP contribution in [0.4, 0.5) is 4.79 Å². The quantitative estimate of drug-likeness (QED) is 0.173. The fourth-order valence-corrected chi connectivity index (χ4v) is 8.87. The summed E-state index contributed by atoms with van der Waals surface area (Å²) in [5.41, 5.74) is -0.572. The maximum atomic E-state index is 14.7. The Labute approximate surface area is 332 Å². The molecule has 4 saturated carbocycles. The summed E-state index contributed by atoms with van der Waals surface area (Å²) in [6.07, 6.45) is 4.03. The average Bonchev–Trinajstić information content (AvgIpc) is 4.13. The van der Waals surface area contributed by atoms with Gasteiger partial charge in [-0.05, 0) is 73.8 Å². The zero-order valence-electron chi connectivity index (χ0n) is 33.4. The first-order chi connectivity index (χ1) is 26.7. The summed E-state index contributed by atoms with van der Waals surface area (Å²) < 4.78 is 34.1. The van der Waals surface area contributed by atoms with Crippen LogP contribution in [0.25, 0.3) is 10.9 Å². The Balaban J connectivity index is 1.16. The van der Waals surface area contributed by atoms with Gasteiger partial charge < -0.3 is 44.0 Å². The van der Waals surface area contributed by atoms with Gasteiger partial charge in [-0.25, -0.2) is 9.59 Å². The van der Waals surface area contributed by atoms with E-state index in [1.807, 2.05) is 39.8 Å². The van der Waals surface area contributed by atoms with E-state index in [0.717, 1.165) is 31.4 Å². The number of fused-ring (bicyclic) bond motifs is 2. The van der Waals surface area contributed by atoms with E-state index in [0.29, 0.717) is 52.1 Å². The summed E-state index contributed by atoms with van der Waals surface area (Å²) in [7, 11) is 4.35. The standard InChI is InChI=1S/C41H55ClN4O10/c1-8-24-18-41(24,38(49)53-7)45-36(47)29-16-26(19-46(29)37(48)35(40(2,3)4)44-39(50)56-25-14-22-13-23(22)15-25)55-31-17-28(21-9-10-21)43-34-27(31)11-12-30(33(34)42)54-20-32(51-5)52-6/h11-12,17,21-26,29,32,35H,8-10,13-16,18-20H2,1-7H3,(H,44,50)(H,45,47)/t22-,23+,24-,25+,26-,29?,35-,41-/m1/s1. The number of nitrogens with one attached hydrogen (secondary N) is 2. The average molecular weight is 799 g/mol. The van der Waals surface area contributed by atoms with Crippen LogP contribution < -0.4 is 20.1 Å². The first-order valence-corrected chi connectivity index (χ1v) is 20.2. The lowest BCUT2D eigenvalue weighted by Gasteiger charge is -2.35. The summed E-state index contributed by atoms with van der Waals surface area (Å²) in [4.78, 5) is 61.7. The van der Waals surface area contributed by atoms with Gasteiger partial charge in [-0.2, -0.15) is 0 Å². The normalized spacial score (nSPS) is 28.4. The first kappa shape index (κ1) is 40.3. The molecular formula is C41H55ClN4O10. The third-order valence-corrected chi connectivity index (χ3v) is 12.6. The number of nitrogens with zero attached hydrogens (tertiary/aromatic N) is 2. The van der Waals surface area contributed by atoms with Crippen molar-refractivity contribution in [3.63, 3.8) is 0 Å². The molecule has 0 bridgehead atoms. The molecule has 2 N–H and O–H groups in total. The number of esters is 1. The molecule has 8 atom stereocenters. The van der Waals surface area contributed by atoms with Crippen LogP contribution in [0.3, 0.4) is 0 Å². The van der Waals surface area contributed by atoms with E-state index in [9.17, 15) is 19.2 Å². The molecule has 14 nitrogen and oxygen atoms in total. The number of aromatic nitrogens is 1. The van der Waals surface area contributed by atoms with Gasteiger partial charge in [-0.1, -0.05) is 45.7 Å².